The van der Waals surface area contributed by atoms with E-state index < -0.39 is 5.79 Å². The number of methoxy groups -OCH3 is 1. The lowest BCUT2D eigenvalue weighted by Gasteiger charge is -2.18. The average Bonchev–Trinajstić information content (AvgIpc) is 3.17. The molecule has 0 aromatic rings. The van der Waals surface area contributed by atoms with Crippen molar-refractivity contribution in [1.29, 1.82) is 0 Å². The lowest BCUT2D eigenvalue weighted by molar-refractivity contribution is -0.146. The van der Waals surface area contributed by atoms with Crippen LogP contribution in [0, 0.1) is 11.8 Å². The number of hydrogen-bond acceptors (Lipinski definition) is 4. The topological polar surface area (TPSA) is 36.9 Å². The first kappa shape index (κ1) is 31.4. The predicted octanol–water partition coefficient (Wildman–Crippen LogP) is 8.21. The van der Waals surface area contributed by atoms with E-state index in [0.29, 0.717) is 19.8 Å². The van der Waals surface area contributed by atoms with E-state index in [1.54, 1.807) is 7.11 Å². The molecule has 1 aliphatic heterocycles. The molecule has 0 saturated carbocycles. The van der Waals surface area contributed by atoms with Crippen molar-refractivity contribution in [2.45, 2.75) is 154 Å². The van der Waals surface area contributed by atoms with Crippen LogP contribution in [0.15, 0.2) is 0 Å². The largest absolute Gasteiger partial charge is 0.378 e. The monoisotopic (exact) mass is 480 g/mol. The van der Waals surface area contributed by atoms with Crippen molar-refractivity contribution in [2.24, 2.45) is 0 Å². The highest BCUT2D eigenvalue weighted by Gasteiger charge is 2.32. The van der Waals surface area contributed by atoms with Crippen LogP contribution in [0.25, 0.3) is 0 Å². The van der Waals surface area contributed by atoms with Gasteiger partial charge in [-0.1, -0.05) is 103 Å². The summed E-state index contributed by atoms with van der Waals surface area (Å²) in [5.41, 5.74) is 0. The second-order valence-electron chi connectivity index (χ2n) is 10.5. The standard InChI is InChI=1S/C30H56O4/c1-5-6-7-8-9-10-11-12-13-14-15-16-17-18-19-20-21-22-23-24-28(31-4)25-32-26-29-27-33-30(2,3)34-29/h28-29H,5-21,24-27H2,1-4H3. The van der Waals surface area contributed by atoms with Gasteiger partial charge in [0.15, 0.2) is 5.79 Å². The zero-order valence-electron chi connectivity index (χ0n) is 23.1. The molecule has 0 aromatic heterocycles. The summed E-state index contributed by atoms with van der Waals surface area (Å²) in [4.78, 5) is 0. The van der Waals surface area contributed by atoms with Crippen molar-refractivity contribution >= 4 is 0 Å². The van der Waals surface area contributed by atoms with Gasteiger partial charge < -0.3 is 18.9 Å². The second kappa shape index (κ2) is 21.7. The molecule has 2 unspecified atom stereocenters. The first-order chi connectivity index (χ1) is 16.6. The highest BCUT2D eigenvalue weighted by Crippen LogP contribution is 2.22. The van der Waals surface area contributed by atoms with E-state index in [-0.39, 0.29) is 12.2 Å². The molecule has 0 amide bonds. The molecule has 200 valence electrons. The van der Waals surface area contributed by atoms with Crippen LogP contribution in [0.3, 0.4) is 0 Å². The average molecular weight is 481 g/mol. The summed E-state index contributed by atoms with van der Waals surface area (Å²) >= 11 is 0. The Kier molecular flexibility index (Phi) is 20.0. The fraction of sp³-hybridized carbons (Fsp3) is 0.933. The minimum Gasteiger partial charge on any atom is -0.378 e. The highest BCUT2D eigenvalue weighted by molar-refractivity contribution is 5.00. The summed E-state index contributed by atoms with van der Waals surface area (Å²) in [5, 5.41) is 0. The van der Waals surface area contributed by atoms with Crippen LogP contribution in [-0.4, -0.2) is 44.9 Å². The van der Waals surface area contributed by atoms with Crippen molar-refractivity contribution in [3.63, 3.8) is 0 Å². The Bertz CT molecular complexity index is 508. The van der Waals surface area contributed by atoms with E-state index in [0.717, 1.165) is 12.8 Å². The van der Waals surface area contributed by atoms with Crippen molar-refractivity contribution in [3.8, 4) is 11.8 Å². The second-order valence-corrected chi connectivity index (χ2v) is 10.5. The first-order valence-electron chi connectivity index (χ1n) is 14.5. The Morgan fingerprint density at radius 2 is 1.32 bits per heavy atom. The van der Waals surface area contributed by atoms with Gasteiger partial charge in [0, 0.05) is 20.0 Å². The van der Waals surface area contributed by atoms with Crippen molar-refractivity contribution in [2.75, 3.05) is 26.9 Å². The molecule has 1 saturated heterocycles. The van der Waals surface area contributed by atoms with Gasteiger partial charge in [-0.05, 0) is 20.3 Å². The van der Waals surface area contributed by atoms with Gasteiger partial charge in [-0.15, -0.1) is 11.8 Å². The Morgan fingerprint density at radius 3 is 1.79 bits per heavy atom. The van der Waals surface area contributed by atoms with Crippen LogP contribution >= 0.6 is 0 Å². The van der Waals surface area contributed by atoms with Crippen LogP contribution in [0.4, 0.5) is 0 Å². The molecule has 0 spiro atoms. The molecule has 1 heterocycles. The zero-order chi connectivity index (χ0) is 24.7. The third kappa shape index (κ3) is 18.7. The normalized spacial score (nSPS) is 18.1. The van der Waals surface area contributed by atoms with Gasteiger partial charge in [-0.25, -0.2) is 0 Å². The van der Waals surface area contributed by atoms with E-state index >= 15 is 0 Å². The molecule has 34 heavy (non-hydrogen) atoms. The molecule has 4 heteroatoms. The van der Waals surface area contributed by atoms with Crippen LogP contribution in [0.5, 0.6) is 0 Å². The van der Waals surface area contributed by atoms with Crippen molar-refractivity contribution in [1.82, 2.24) is 0 Å². The molecule has 2 atom stereocenters. The number of rotatable bonds is 22. The maximum Gasteiger partial charge on any atom is 0.163 e. The van der Waals surface area contributed by atoms with Crippen molar-refractivity contribution in [3.05, 3.63) is 0 Å². The fourth-order valence-electron chi connectivity index (χ4n) is 4.42. The molecule has 1 rings (SSSR count). The number of ether oxygens (including phenoxy) is 4. The van der Waals surface area contributed by atoms with Crippen LogP contribution in [-0.2, 0) is 18.9 Å². The minimum atomic E-state index is -0.493. The van der Waals surface area contributed by atoms with E-state index in [2.05, 4.69) is 18.8 Å². The molecule has 0 N–H and O–H groups in total. The lowest BCUT2D eigenvalue weighted by atomic mass is 10.0. The summed E-state index contributed by atoms with van der Waals surface area (Å²) < 4.78 is 22.6. The molecule has 0 bridgehead atoms. The van der Waals surface area contributed by atoms with Gasteiger partial charge in [0.1, 0.15) is 6.10 Å². The van der Waals surface area contributed by atoms with Gasteiger partial charge in [-0.2, -0.15) is 0 Å². The summed E-state index contributed by atoms with van der Waals surface area (Å²) in [6, 6.07) is 0. The van der Waals surface area contributed by atoms with Gasteiger partial charge in [0.05, 0.1) is 25.9 Å². The Hall–Kier alpha value is -0.600. The fourth-order valence-corrected chi connectivity index (χ4v) is 4.42. The summed E-state index contributed by atoms with van der Waals surface area (Å²) in [5.74, 6) is 6.09. The quantitative estimate of drug-likeness (QED) is 0.115. The van der Waals surface area contributed by atoms with Gasteiger partial charge in [0.25, 0.3) is 0 Å². The Labute approximate surface area is 212 Å². The zero-order valence-corrected chi connectivity index (χ0v) is 23.1. The molecule has 0 radical (unpaired) electrons. The van der Waals surface area contributed by atoms with Gasteiger partial charge in [0.2, 0.25) is 0 Å². The van der Waals surface area contributed by atoms with Crippen LogP contribution in [0.2, 0.25) is 0 Å². The van der Waals surface area contributed by atoms with E-state index in [1.807, 2.05) is 13.8 Å². The van der Waals surface area contributed by atoms with E-state index in [1.165, 1.54) is 103 Å². The van der Waals surface area contributed by atoms with Crippen LogP contribution in [0.1, 0.15) is 136 Å². The lowest BCUT2D eigenvalue weighted by Crippen LogP contribution is -2.26. The van der Waals surface area contributed by atoms with Crippen LogP contribution < -0.4 is 0 Å². The number of hydrogen-bond donors (Lipinski definition) is 0. The van der Waals surface area contributed by atoms with Gasteiger partial charge >= 0.3 is 0 Å². The molecular formula is C30H56O4. The Balaban J connectivity index is 1.83. The smallest absolute Gasteiger partial charge is 0.163 e. The van der Waals surface area contributed by atoms with Gasteiger partial charge in [-0.3, -0.25) is 0 Å². The maximum absolute atomic E-state index is 5.76. The predicted molar refractivity (Wildman–Crippen MR) is 143 cm³/mol. The third-order valence-electron chi connectivity index (χ3n) is 6.62. The molecule has 1 aliphatic rings. The summed E-state index contributed by atoms with van der Waals surface area (Å²) in [6.45, 7) is 7.82. The molecular weight excluding hydrogens is 424 g/mol. The molecule has 4 nitrogen and oxygen atoms in total. The SMILES string of the molecule is CCCCCCCCCCCCCCCCCCC#CCC(COCC1COC(C)(C)O1)OC. The molecule has 0 aliphatic carbocycles. The summed E-state index contributed by atoms with van der Waals surface area (Å²) in [6.07, 6.45) is 24.2. The Morgan fingerprint density at radius 1 is 0.794 bits per heavy atom. The highest BCUT2D eigenvalue weighted by atomic mass is 16.7. The number of unbranched alkanes of at least 4 members (excludes halogenated alkanes) is 16. The van der Waals surface area contributed by atoms with E-state index in [4.69, 9.17) is 18.9 Å². The van der Waals surface area contributed by atoms with E-state index in [9.17, 15) is 0 Å². The molecule has 0 aromatic carbocycles. The third-order valence-corrected chi connectivity index (χ3v) is 6.62. The first-order valence-corrected chi connectivity index (χ1v) is 14.5. The minimum absolute atomic E-state index is 0.00787. The summed E-state index contributed by atoms with van der Waals surface area (Å²) in [7, 11) is 1.73. The maximum atomic E-state index is 5.76. The van der Waals surface area contributed by atoms with Crippen molar-refractivity contribution < 1.29 is 18.9 Å². The molecule has 1 fully saturated rings.